The Kier molecular flexibility index (Phi) is 10.1. The van der Waals surface area contributed by atoms with Crippen LogP contribution in [-0.2, 0) is 16.1 Å². The Balaban J connectivity index is 0.968. The summed E-state index contributed by atoms with van der Waals surface area (Å²) in [6.45, 7) is 7.49. The molecule has 9 nitrogen and oxygen atoms in total. The van der Waals surface area contributed by atoms with Gasteiger partial charge in [0.1, 0.15) is 17.0 Å². The Morgan fingerprint density at radius 1 is 0.882 bits per heavy atom. The van der Waals surface area contributed by atoms with Crippen molar-refractivity contribution in [2.45, 2.75) is 19.4 Å². The first-order valence-electron chi connectivity index (χ1n) is 17.1. The number of hydrogen-bond acceptors (Lipinski definition) is 8. The molecule has 0 unspecified atom stereocenters. The number of rotatable bonds is 12. The second kappa shape index (κ2) is 14.8. The normalized spacial score (nSPS) is 15.9. The summed E-state index contributed by atoms with van der Waals surface area (Å²) in [6, 6.07) is 21.8. The van der Waals surface area contributed by atoms with Crippen LogP contribution in [0.3, 0.4) is 0 Å². The summed E-state index contributed by atoms with van der Waals surface area (Å²) in [7, 11) is 4.34. The lowest BCUT2D eigenvalue weighted by atomic mass is 10.0. The Hall–Kier alpha value is -4.75. The summed E-state index contributed by atoms with van der Waals surface area (Å²) in [5.74, 6) is -1.65. The minimum Gasteiger partial charge on any atom is -0.453 e. The third-order valence-corrected chi connectivity index (χ3v) is 10.8. The van der Waals surface area contributed by atoms with Gasteiger partial charge in [0, 0.05) is 80.4 Å². The van der Waals surface area contributed by atoms with E-state index in [1.807, 2.05) is 6.07 Å². The highest BCUT2D eigenvalue weighted by molar-refractivity contribution is 7.22. The van der Waals surface area contributed by atoms with E-state index in [9.17, 15) is 14.0 Å². The lowest BCUT2D eigenvalue weighted by Gasteiger charge is -2.33. The van der Waals surface area contributed by atoms with Gasteiger partial charge >= 0.3 is 0 Å². The van der Waals surface area contributed by atoms with E-state index in [0.29, 0.717) is 24.3 Å². The van der Waals surface area contributed by atoms with Crippen LogP contribution in [0.15, 0.2) is 85.1 Å². The average Bonchev–Trinajstić information content (AvgIpc) is 3.83. The fraction of sp³-hybridized carbons (Fsp3) is 0.308. The number of nitrogens with zero attached hydrogens (tertiary/aromatic N) is 4. The third kappa shape index (κ3) is 8.10. The molecule has 0 spiro atoms. The van der Waals surface area contributed by atoms with E-state index in [0.717, 1.165) is 66.5 Å². The number of fused-ring (bicyclic) bond motifs is 1. The van der Waals surface area contributed by atoms with Crippen LogP contribution in [0.1, 0.15) is 18.4 Å². The van der Waals surface area contributed by atoms with Gasteiger partial charge in [-0.05, 0) is 80.5 Å². The number of carbonyl (C=O) groups excluding carboxylic acids is 2. The van der Waals surface area contributed by atoms with Crippen molar-refractivity contribution >= 4 is 44.7 Å². The van der Waals surface area contributed by atoms with Crippen LogP contribution in [-0.4, -0.2) is 84.9 Å². The largest absolute Gasteiger partial charge is 0.453 e. The van der Waals surface area contributed by atoms with Gasteiger partial charge in [0.2, 0.25) is 11.8 Å². The second-order valence-electron chi connectivity index (χ2n) is 13.5. The summed E-state index contributed by atoms with van der Waals surface area (Å²) in [5.41, 5.74) is 2.39. The lowest BCUT2D eigenvalue weighted by molar-refractivity contribution is -0.131. The molecule has 2 aliphatic rings. The number of carbonyl (C=O) groups is 2. The predicted octanol–water partition coefficient (Wildman–Crippen LogP) is 7.07. The van der Waals surface area contributed by atoms with Gasteiger partial charge in [-0.1, -0.05) is 24.3 Å². The Morgan fingerprint density at radius 3 is 2.25 bits per heavy atom. The molecule has 1 aliphatic carbocycles. The zero-order valence-corrected chi connectivity index (χ0v) is 29.4. The van der Waals surface area contributed by atoms with Crippen molar-refractivity contribution in [3.05, 3.63) is 102 Å². The smallest absolute Gasteiger partial charge is 0.240 e. The van der Waals surface area contributed by atoms with Crippen LogP contribution in [0.4, 0.5) is 20.2 Å². The number of piperazine rings is 1. The molecule has 7 rings (SSSR count). The Morgan fingerprint density at radius 2 is 1.57 bits per heavy atom. The number of anilines is 2. The minimum atomic E-state index is -1.26. The number of halogens is 2. The molecule has 2 amide bonds. The number of hydrogen-bond donors (Lipinski definition) is 2. The summed E-state index contributed by atoms with van der Waals surface area (Å²) >= 11 is 1.53. The molecule has 1 saturated heterocycles. The molecule has 51 heavy (non-hydrogen) atoms. The van der Waals surface area contributed by atoms with Crippen LogP contribution in [0.5, 0.6) is 11.5 Å². The highest BCUT2D eigenvalue weighted by Gasteiger charge is 2.56. The van der Waals surface area contributed by atoms with Crippen molar-refractivity contribution < 1.29 is 23.1 Å². The maximum Gasteiger partial charge on any atom is 0.240 e. The van der Waals surface area contributed by atoms with Gasteiger partial charge in [-0.15, -0.1) is 11.3 Å². The first-order chi connectivity index (χ1) is 24.6. The predicted molar refractivity (Wildman–Crippen MR) is 197 cm³/mol. The summed E-state index contributed by atoms with van der Waals surface area (Å²) in [4.78, 5) is 38.8. The van der Waals surface area contributed by atoms with E-state index in [4.69, 9.17) is 4.74 Å². The number of thiophene rings is 1. The molecule has 5 aromatic rings. The van der Waals surface area contributed by atoms with Gasteiger partial charge < -0.3 is 25.2 Å². The molecule has 3 aromatic carbocycles. The molecular formula is C39H40F2N6O3S. The summed E-state index contributed by atoms with van der Waals surface area (Å²) in [6.07, 6.45) is 2.35. The molecule has 0 radical (unpaired) electrons. The monoisotopic (exact) mass is 710 g/mol. The zero-order chi connectivity index (χ0) is 35.5. The van der Waals surface area contributed by atoms with E-state index < -0.39 is 28.9 Å². The van der Waals surface area contributed by atoms with Crippen molar-refractivity contribution in [2.75, 3.05) is 64.0 Å². The molecule has 264 valence electrons. The van der Waals surface area contributed by atoms with Crippen LogP contribution < -0.4 is 15.4 Å². The summed E-state index contributed by atoms with van der Waals surface area (Å²) < 4.78 is 35.4. The topological polar surface area (TPSA) is 90.0 Å². The number of nitrogens with one attached hydrogen (secondary N) is 2. The quantitative estimate of drug-likeness (QED) is 0.134. The van der Waals surface area contributed by atoms with Crippen molar-refractivity contribution in [3.63, 3.8) is 0 Å². The molecule has 0 bridgehead atoms. The molecule has 12 heteroatoms. The van der Waals surface area contributed by atoms with Gasteiger partial charge in [-0.2, -0.15) is 0 Å². The van der Waals surface area contributed by atoms with Crippen molar-refractivity contribution in [1.29, 1.82) is 0 Å². The van der Waals surface area contributed by atoms with Gasteiger partial charge in [0.05, 0.1) is 10.2 Å². The van der Waals surface area contributed by atoms with Gasteiger partial charge in [-0.25, -0.2) is 8.78 Å². The fourth-order valence-electron chi connectivity index (χ4n) is 6.18. The van der Waals surface area contributed by atoms with E-state index >= 15 is 4.39 Å². The van der Waals surface area contributed by atoms with Crippen molar-refractivity contribution in [1.82, 2.24) is 19.7 Å². The van der Waals surface area contributed by atoms with E-state index in [2.05, 4.69) is 68.7 Å². The number of pyridine rings is 1. The van der Waals surface area contributed by atoms with Crippen molar-refractivity contribution in [2.24, 2.45) is 5.41 Å². The Labute approximate surface area is 299 Å². The molecule has 1 aliphatic heterocycles. The SMILES string of the molecule is CN1CCN(CCN(C)Cc2ccc(-c3cc4nccc(Oc5ccc(NC(=O)C6(C(=O)Nc7ccc(F)cc7)CC6)cc5F)c4s3)cc2)CC1. The van der Waals surface area contributed by atoms with Crippen LogP contribution in [0.2, 0.25) is 0 Å². The molecule has 3 heterocycles. The lowest BCUT2D eigenvalue weighted by Crippen LogP contribution is -2.46. The maximum atomic E-state index is 15.3. The number of ether oxygens (including phenoxy) is 1. The first-order valence-corrected chi connectivity index (χ1v) is 17.9. The molecule has 1 saturated carbocycles. The maximum absolute atomic E-state index is 15.3. The third-order valence-electron chi connectivity index (χ3n) is 9.59. The van der Waals surface area contributed by atoms with Gasteiger partial charge in [0.15, 0.2) is 11.6 Å². The minimum absolute atomic E-state index is 0.00765. The molecular weight excluding hydrogens is 671 g/mol. The molecule has 2 N–H and O–H groups in total. The second-order valence-corrected chi connectivity index (χ2v) is 14.5. The molecule has 0 atom stereocenters. The van der Waals surface area contributed by atoms with Gasteiger partial charge in [0.25, 0.3) is 0 Å². The number of likely N-dealkylation sites (N-methyl/N-ethyl adjacent to an activating group) is 2. The molecule has 2 aromatic heterocycles. The number of amides is 2. The highest BCUT2D eigenvalue weighted by atomic mass is 32.1. The summed E-state index contributed by atoms with van der Waals surface area (Å²) in [5, 5.41) is 5.34. The number of benzene rings is 3. The van der Waals surface area contributed by atoms with Crippen LogP contribution in [0, 0.1) is 17.0 Å². The highest BCUT2D eigenvalue weighted by Crippen LogP contribution is 2.48. The van der Waals surface area contributed by atoms with Gasteiger partial charge in [-0.3, -0.25) is 19.5 Å². The van der Waals surface area contributed by atoms with E-state index in [-0.39, 0.29) is 11.4 Å². The van der Waals surface area contributed by atoms with Crippen molar-refractivity contribution in [3.8, 4) is 21.9 Å². The first kappa shape index (κ1) is 34.7. The number of aromatic nitrogens is 1. The van der Waals surface area contributed by atoms with Crippen LogP contribution >= 0.6 is 11.3 Å². The Bertz CT molecular complexity index is 2030. The van der Waals surface area contributed by atoms with Crippen LogP contribution in [0.25, 0.3) is 20.7 Å². The van der Waals surface area contributed by atoms with E-state index in [1.165, 1.54) is 59.4 Å². The van der Waals surface area contributed by atoms with E-state index in [1.54, 1.807) is 12.3 Å². The molecule has 2 fully saturated rings. The fourth-order valence-corrected chi connectivity index (χ4v) is 7.25. The average molecular weight is 711 g/mol. The zero-order valence-electron chi connectivity index (χ0n) is 28.6. The standard InChI is InChI=1S/C39H40F2N6O3S/c1-45-17-20-47(21-18-45)22-19-46(2)25-26-3-5-27(6-4-26)35-24-32-36(51-35)34(13-16-42-32)50-33-12-11-30(23-31(33)41)44-38(49)39(14-15-39)37(48)43-29-9-7-28(40)8-10-29/h3-13,16,23-24H,14-15,17-22,25H2,1-2H3,(H,43,48)(H,44,49).